The highest BCUT2D eigenvalue weighted by Gasteiger charge is 2.47. The zero-order valence-corrected chi connectivity index (χ0v) is 27.3. The first-order chi connectivity index (χ1) is 20.1. The van der Waals surface area contributed by atoms with E-state index in [9.17, 15) is 9.90 Å². The van der Waals surface area contributed by atoms with Crippen molar-refractivity contribution in [3.05, 3.63) is 94.4 Å². The average Bonchev–Trinajstić information content (AvgIpc) is 3.33. The molecule has 0 bridgehead atoms. The van der Waals surface area contributed by atoms with Gasteiger partial charge in [-0.2, -0.15) is 4.58 Å². The monoisotopic (exact) mass is 636 g/mol. The third kappa shape index (κ3) is 5.64. The molecule has 1 N–H and O–H groups in total. The molecule has 0 unspecified atom stereocenters. The highest BCUT2D eigenvalue weighted by atomic mass is 79.9. The summed E-state index contributed by atoms with van der Waals surface area (Å²) in [7, 11) is 0. The van der Waals surface area contributed by atoms with Crippen LogP contribution in [0.25, 0.3) is 0 Å². The van der Waals surface area contributed by atoms with Crippen molar-refractivity contribution >= 4 is 22.9 Å². The van der Waals surface area contributed by atoms with Gasteiger partial charge in [-0.15, -0.1) is 24.7 Å². The Hall–Kier alpha value is -3.80. The average molecular weight is 638 g/mol. The molecule has 5 heteroatoms. The van der Waals surface area contributed by atoms with Crippen LogP contribution in [0.3, 0.4) is 0 Å². The van der Waals surface area contributed by atoms with Crippen LogP contribution >= 0.6 is 0 Å². The van der Waals surface area contributed by atoms with Crippen molar-refractivity contribution in [2.45, 2.75) is 77.0 Å². The first-order valence-electron chi connectivity index (χ1n) is 15.0. The van der Waals surface area contributed by atoms with Crippen molar-refractivity contribution in [1.29, 1.82) is 0 Å². The number of fused-ring (bicyclic) bond motifs is 2. The van der Waals surface area contributed by atoms with Crippen molar-refractivity contribution in [3.63, 3.8) is 0 Å². The second-order valence-electron chi connectivity index (χ2n) is 12.5. The molecule has 0 fully saturated rings. The molecule has 43 heavy (non-hydrogen) atoms. The summed E-state index contributed by atoms with van der Waals surface area (Å²) in [5, 5.41) is 11.3. The zero-order chi connectivity index (χ0) is 30.1. The van der Waals surface area contributed by atoms with Gasteiger partial charge in [-0.05, 0) is 50.8 Å². The summed E-state index contributed by atoms with van der Waals surface area (Å²) >= 11 is 0. The van der Waals surface area contributed by atoms with Gasteiger partial charge in [-0.1, -0.05) is 50.2 Å². The molecule has 2 aliphatic heterocycles. The lowest BCUT2D eigenvalue weighted by atomic mass is 9.77. The number of aliphatic hydroxyl groups excluding tert-OH is 1. The van der Waals surface area contributed by atoms with Crippen LogP contribution in [-0.2, 0) is 15.6 Å². The lowest BCUT2D eigenvalue weighted by Crippen LogP contribution is -3.00. The van der Waals surface area contributed by atoms with E-state index in [0.717, 1.165) is 74.4 Å². The summed E-state index contributed by atoms with van der Waals surface area (Å²) in [6, 6.07) is 16.8. The summed E-state index contributed by atoms with van der Waals surface area (Å²) in [6.07, 6.45) is 20.1. The lowest BCUT2D eigenvalue weighted by molar-refractivity contribution is -0.438. The van der Waals surface area contributed by atoms with Gasteiger partial charge in [0.1, 0.15) is 12.3 Å². The smallest absolute Gasteiger partial charge is 0.209 e. The number of terminal acetylenes is 2. The third-order valence-electron chi connectivity index (χ3n) is 9.07. The van der Waals surface area contributed by atoms with E-state index in [1.165, 1.54) is 11.1 Å². The number of para-hydroxylation sites is 2. The van der Waals surface area contributed by atoms with Gasteiger partial charge in [0, 0.05) is 60.3 Å². The Morgan fingerprint density at radius 1 is 0.860 bits per heavy atom. The van der Waals surface area contributed by atoms with Crippen molar-refractivity contribution in [2.75, 3.05) is 18.0 Å². The van der Waals surface area contributed by atoms with Crippen LogP contribution in [-0.4, -0.2) is 34.3 Å². The molecule has 5 rings (SSSR count). The number of carbonyl (C=O) groups excluding carboxylic acids is 1. The molecule has 222 valence electrons. The highest BCUT2D eigenvalue weighted by Crippen LogP contribution is 2.49. The quantitative estimate of drug-likeness (QED) is 0.178. The van der Waals surface area contributed by atoms with E-state index < -0.39 is 0 Å². The Balaban J connectivity index is 0.00000423. The van der Waals surface area contributed by atoms with Gasteiger partial charge >= 0.3 is 0 Å². The number of Topliss-reactive ketones (excluding diaryl/α,β-unsaturated/α-hetero) is 1. The minimum Gasteiger partial charge on any atom is -1.00 e. The fourth-order valence-electron chi connectivity index (χ4n) is 6.66. The van der Waals surface area contributed by atoms with Gasteiger partial charge in [0.25, 0.3) is 0 Å². The van der Waals surface area contributed by atoms with Crippen LogP contribution in [0.4, 0.5) is 11.4 Å². The molecule has 2 aromatic rings. The minimum absolute atomic E-state index is 0. The molecule has 0 radical (unpaired) electrons. The molecule has 3 aliphatic rings. The van der Waals surface area contributed by atoms with Crippen LogP contribution in [0.2, 0.25) is 0 Å². The van der Waals surface area contributed by atoms with E-state index in [2.05, 4.69) is 97.5 Å². The number of nitrogens with zero attached hydrogens (tertiary/aromatic N) is 2. The molecule has 0 amide bonds. The number of halogens is 1. The Labute approximate surface area is 267 Å². The van der Waals surface area contributed by atoms with E-state index in [0.29, 0.717) is 11.1 Å². The van der Waals surface area contributed by atoms with Crippen molar-refractivity contribution in [3.8, 4) is 24.7 Å². The molecular weight excluding hydrogens is 596 g/mol. The van der Waals surface area contributed by atoms with E-state index in [1.54, 1.807) is 0 Å². The van der Waals surface area contributed by atoms with Crippen LogP contribution in [0, 0.1) is 24.7 Å². The maximum Gasteiger partial charge on any atom is 0.209 e. The maximum absolute atomic E-state index is 13.7. The van der Waals surface area contributed by atoms with Crippen molar-refractivity contribution in [2.24, 2.45) is 0 Å². The summed E-state index contributed by atoms with van der Waals surface area (Å²) in [5.74, 6) is 5.41. The molecule has 0 aromatic heterocycles. The Kier molecular flexibility index (Phi) is 9.58. The first-order valence-corrected chi connectivity index (χ1v) is 15.0. The fourth-order valence-corrected chi connectivity index (χ4v) is 6.66. The fraction of sp³-hybridized carbons (Fsp3) is 0.368. The molecule has 0 spiro atoms. The van der Waals surface area contributed by atoms with E-state index >= 15 is 0 Å². The number of rotatable bonds is 10. The van der Waals surface area contributed by atoms with Gasteiger partial charge in [-0.25, -0.2) is 0 Å². The van der Waals surface area contributed by atoms with E-state index in [1.807, 2.05) is 12.2 Å². The van der Waals surface area contributed by atoms with E-state index in [-0.39, 0.29) is 39.4 Å². The largest absolute Gasteiger partial charge is 1.00 e. The number of hydrogen-bond donors (Lipinski definition) is 1. The molecular formula is C38H41BrN2O2. The Bertz CT molecular complexity index is 1640. The van der Waals surface area contributed by atoms with Crippen LogP contribution < -0.4 is 21.9 Å². The van der Waals surface area contributed by atoms with Crippen molar-refractivity contribution < 1.29 is 31.5 Å². The van der Waals surface area contributed by atoms with Crippen LogP contribution in [0.5, 0.6) is 0 Å². The number of unbranched alkanes of at least 4 members (excludes halogenated alkanes) is 4. The van der Waals surface area contributed by atoms with Gasteiger partial charge in [0.2, 0.25) is 11.5 Å². The van der Waals surface area contributed by atoms with Gasteiger partial charge in [0.05, 0.1) is 16.6 Å². The number of benzene rings is 2. The number of hydrogen-bond acceptors (Lipinski definition) is 3. The normalized spacial score (nSPS) is 19.6. The molecule has 0 saturated carbocycles. The molecule has 2 aromatic carbocycles. The topological polar surface area (TPSA) is 43.5 Å². The standard InChI is InChI=1S/C38H40N2O2.BrH/c1-7-9-11-17-23-39-31-21-15-13-19-29(31)37(3,4)33(39)25-27-35(41)28(36(27)42)26-34-38(5,6)30-20-14-16-22-32(30)40(34)24-18-12-10-8-2;/h1-2,13-16,19-22,25-26H,9-12,17-18,23-24H2,3-6H3;1H. The number of carbonyl (C=O) groups is 1. The number of ketones is 1. The predicted octanol–water partition coefficient (Wildman–Crippen LogP) is 4.68. The Morgan fingerprint density at radius 2 is 1.49 bits per heavy atom. The molecule has 1 aliphatic carbocycles. The summed E-state index contributed by atoms with van der Waals surface area (Å²) in [4.78, 5) is 16.0. The second kappa shape index (κ2) is 12.8. The molecule has 2 heterocycles. The van der Waals surface area contributed by atoms with Crippen LogP contribution in [0.1, 0.15) is 77.3 Å². The highest BCUT2D eigenvalue weighted by molar-refractivity contribution is 6.24. The number of allylic oxidation sites excluding steroid dienone is 5. The third-order valence-corrected chi connectivity index (χ3v) is 9.07. The zero-order valence-electron chi connectivity index (χ0n) is 25.7. The maximum atomic E-state index is 13.7. The van der Waals surface area contributed by atoms with Crippen LogP contribution in [0.15, 0.2) is 83.3 Å². The predicted molar refractivity (Wildman–Crippen MR) is 172 cm³/mol. The second-order valence-corrected chi connectivity index (χ2v) is 12.5. The van der Waals surface area contributed by atoms with E-state index in [4.69, 9.17) is 12.8 Å². The summed E-state index contributed by atoms with van der Waals surface area (Å²) < 4.78 is 2.30. The SMILES string of the molecule is C#CCCCCN1/C(=C/C2=C(O)C(=C\C3=[N+](CCCCC#C)c4ccccc4C3(C)C)/C2=O)C(C)(C)c2ccccc21.[Br-]. The summed E-state index contributed by atoms with van der Waals surface area (Å²) in [6.45, 7) is 10.3. The number of aliphatic hydroxyl groups is 1. The molecule has 0 saturated heterocycles. The summed E-state index contributed by atoms with van der Waals surface area (Å²) in [5.41, 5.74) is 6.92. The van der Waals surface area contributed by atoms with Gasteiger partial charge < -0.3 is 27.0 Å². The Morgan fingerprint density at radius 3 is 2.16 bits per heavy atom. The van der Waals surface area contributed by atoms with Gasteiger partial charge in [0.15, 0.2) is 5.71 Å². The lowest BCUT2D eigenvalue weighted by Gasteiger charge is -2.29. The first kappa shape index (κ1) is 32.1. The molecule has 0 atom stereocenters. The molecule has 4 nitrogen and oxygen atoms in total. The van der Waals surface area contributed by atoms with Gasteiger partial charge in [-0.3, -0.25) is 4.79 Å². The number of anilines is 1. The minimum atomic E-state index is -0.311. The van der Waals surface area contributed by atoms with Crippen molar-refractivity contribution in [1.82, 2.24) is 0 Å².